The van der Waals surface area contributed by atoms with Crippen LogP contribution in [0.15, 0.2) is 60.8 Å². The summed E-state index contributed by atoms with van der Waals surface area (Å²) in [6, 6.07) is 13.6. The van der Waals surface area contributed by atoms with Crippen LogP contribution >= 0.6 is 0 Å². The fourth-order valence-electron chi connectivity index (χ4n) is 4.81. The smallest absolute Gasteiger partial charge is 0.416 e. The van der Waals surface area contributed by atoms with Gasteiger partial charge < -0.3 is 9.72 Å². The third-order valence-corrected chi connectivity index (χ3v) is 6.87. The number of piperidine rings is 1. The molecule has 12 heteroatoms. The molecular formula is C28H26F3N7O2. The fraction of sp³-hybridized carbons (Fsp3) is 0.286. The Morgan fingerprint density at radius 2 is 1.82 bits per heavy atom. The Morgan fingerprint density at radius 3 is 2.65 bits per heavy atom. The summed E-state index contributed by atoms with van der Waals surface area (Å²) in [5.74, 6) is 0.144. The number of amides is 1. The molecular weight excluding hydrogens is 523 g/mol. The number of aromatic amines is 1. The number of fused-ring (bicyclic) bond motifs is 2. The molecule has 4 heterocycles. The van der Waals surface area contributed by atoms with E-state index in [1.807, 2.05) is 0 Å². The molecule has 2 N–H and O–H groups in total. The largest absolute Gasteiger partial charge is 0.475 e. The summed E-state index contributed by atoms with van der Waals surface area (Å²) < 4.78 is 46.7. The second kappa shape index (κ2) is 10.6. The molecule has 0 saturated carbocycles. The van der Waals surface area contributed by atoms with E-state index in [4.69, 9.17) is 4.74 Å². The lowest BCUT2D eigenvalue weighted by Gasteiger charge is -2.25. The van der Waals surface area contributed by atoms with E-state index in [9.17, 15) is 18.0 Å². The highest BCUT2D eigenvalue weighted by atomic mass is 19.4. The van der Waals surface area contributed by atoms with Crippen LogP contribution in [-0.2, 0) is 6.18 Å². The molecule has 2 aromatic carbocycles. The molecule has 0 aliphatic carbocycles. The number of likely N-dealkylation sites (tertiary alicyclic amines) is 1. The molecule has 206 valence electrons. The first-order chi connectivity index (χ1) is 19.3. The lowest BCUT2D eigenvalue weighted by Crippen LogP contribution is -2.33. The van der Waals surface area contributed by atoms with Gasteiger partial charge in [0.2, 0.25) is 11.8 Å². The molecule has 1 amide bonds. The van der Waals surface area contributed by atoms with Gasteiger partial charge in [-0.2, -0.15) is 13.2 Å². The highest BCUT2D eigenvalue weighted by molar-refractivity contribution is 6.03. The van der Waals surface area contributed by atoms with Crippen molar-refractivity contribution in [3.63, 3.8) is 0 Å². The van der Waals surface area contributed by atoms with Crippen LogP contribution in [-0.4, -0.2) is 61.6 Å². The van der Waals surface area contributed by atoms with Gasteiger partial charge in [0.25, 0.3) is 5.91 Å². The van der Waals surface area contributed by atoms with E-state index in [2.05, 4.69) is 30.3 Å². The van der Waals surface area contributed by atoms with E-state index in [-0.39, 0.29) is 11.6 Å². The minimum absolute atomic E-state index is 0.142. The quantitative estimate of drug-likeness (QED) is 0.282. The van der Waals surface area contributed by atoms with E-state index in [1.54, 1.807) is 36.4 Å². The number of anilines is 1. The minimum atomic E-state index is -4.43. The van der Waals surface area contributed by atoms with E-state index < -0.39 is 17.6 Å². The van der Waals surface area contributed by atoms with Crippen molar-refractivity contribution in [2.45, 2.75) is 25.4 Å². The minimum Gasteiger partial charge on any atom is -0.475 e. The number of hydrogen-bond donors (Lipinski definition) is 2. The number of carbonyl (C=O) groups excluding carboxylic acids is 1. The summed E-state index contributed by atoms with van der Waals surface area (Å²) >= 11 is 0. The molecule has 0 spiro atoms. The Labute approximate surface area is 227 Å². The molecule has 1 aliphatic heterocycles. The van der Waals surface area contributed by atoms with Gasteiger partial charge in [-0.3, -0.25) is 15.0 Å². The predicted molar refractivity (Wildman–Crippen MR) is 143 cm³/mol. The van der Waals surface area contributed by atoms with Crippen LogP contribution in [0, 0.1) is 0 Å². The zero-order valence-corrected chi connectivity index (χ0v) is 21.4. The van der Waals surface area contributed by atoms with Gasteiger partial charge in [-0.25, -0.2) is 14.5 Å². The molecule has 3 aromatic heterocycles. The average molecular weight is 550 g/mol. The van der Waals surface area contributed by atoms with Crippen molar-refractivity contribution in [1.29, 1.82) is 0 Å². The van der Waals surface area contributed by atoms with Crippen LogP contribution in [0.25, 0.3) is 27.8 Å². The molecule has 0 unspecified atom stereocenters. The van der Waals surface area contributed by atoms with Gasteiger partial charge in [-0.1, -0.05) is 24.6 Å². The average Bonchev–Trinajstić information content (AvgIpc) is 3.56. The first kappa shape index (κ1) is 25.8. The van der Waals surface area contributed by atoms with Crippen molar-refractivity contribution in [3.8, 4) is 17.0 Å². The summed E-state index contributed by atoms with van der Waals surface area (Å²) in [5.41, 5.74) is 2.03. The standard InChI is InChI=1S/C28H26F3N7O2/c29-28(30,31)20-6-4-5-18(15-20)19-7-8-21-22(16-19)34-27(33-21)35-26(39)23-17-38-24(32-23)9-10-25(36-38)40-14-13-37-11-2-1-3-12-37/h4-10,15-17H,1-3,11-14H2,(H2,33,34,35,39). The topological polar surface area (TPSA) is 100 Å². The van der Waals surface area contributed by atoms with Gasteiger partial charge in [0.05, 0.1) is 22.8 Å². The number of rotatable bonds is 7. The Kier molecular flexibility index (Phi) is 6.84. The van der Waals surface area contributed by atoms with Crippen LogP contribution < -0.4 is 10.1 Å². The van der Waals surface area contributed by atoms with E-state index in [0.29, 0.717) is 40.3 Å². The van der Waals surface area contributed by atoms with Crippen molar-refractivity contribution in [3.05, 3.63) is 72.1 Å². The van der Waals surface area contributed by atoms with Crippen LogP contribution in [0.3, 0.4) is 0 Å². The summed E-state index contributed by atoms with van der Waals surface area (Å²) in [4.78, 5) is 27.0. The third-order valence-electron chi connectivity index (χ3n) is 6.87. The number of halogens is 3. The first-order valence-electron chi connectivity index (χ1n) is 13.0. The van der Waals surface area contributed by atoms with Gasteiger partial charge in [-0.15, -0.1) is 5.10 Å². The van der Waals surface area contributed by atoms with Crippen molar-refractivity contribution < 1.29 is 22.7 Å². The summed E-state index contributed by atoms with van der Waals surface area (Å²) in [7, 11) is 0. The van der Waals surface area contributed by atoms with Crippen LogP contribution in [0.5, 0.6) is 5.88 Å². The highest BCUT2D eigenvalue weighted by Crippen LogP contribution is 2.33. The Hall–Kier alpha value is -4.45. The number of nitrogens with zero attached hydrogens (tertiary/aromatic N) is 5. The molecule has 9 nitrogen and oxygen atoms in total. The maximum absolute atomic E-state index is 13.1. The normalized spacial score (nSPS) is 14.6. The van der Waals surface area contributed by atoms with Crippen molar-refractivity contribution in [2.75, 3.05) is 31.6 Å². The molecule has 1 saturated heterocycles. The van der Waals surface area contributed by atoms with E-state index in [0.717, 1.165) is 31.8 Å². The number of nitrogens with one attached hydrogen (secondary N) is 2. The number of imidazole rings is 2. The number of H-pyrrole nitrogens is 1. The number of ether oxygens (including phenoxy) is 1. The summed E-state index contributed by atoms with van der Waals surface area (Å²) in [6.07, 6.45) is 0.807. The molecule has 0 radical (unpaired) electrons. The van der Waals surface area contributed by atoms with Gasteiger partial charge in [0.15, 0.2) is 5.65 Å². The Morgan fingerprint density at radius 1 is 1.00 bits per heavy atom. The zero-order chi connectivity index (χ0) is 27.7. The first-order valence-corrected chi connectivity index (χ1v) is 13.0. The third kappa shape index (κ3) is 5.62. The number of alkyl halides is 3. The molecule has 5 aromatic rings. The predicted octanol–water partition coefficient (Wildman–Crippen LogP) is 5.41. The number of carbonyl (C=O) groups is 1. The maximum Gasteiger partial charge on any atom is 0.416 e. The lowest BCUT2D eigenvalue weighted by molar-refractivity contribution is -0.137. The number of aromatic nitrogens is 5. The lowest BCUT2D eigenvalue weighted by atomic mass is 10.0. The fourth-order valence-corrected chi connectivity index (χ4v) is 4.81. The maximum atomic E-state index is 13.1. The van der Waals surface area contributed by atoms with Crippen LogP contribution in [0.4, 0.5) is 19.1 Å². The van der Waals surface area contributed by atoms with Gasteiger partial charge >= 0.3 is 6.18 Å². The Bertz CT molecular complexity index is 1670. The SMILES string of the molecule is O=C(Nc1nc2ccc(-c3cccc(C(F)(F)F)c3)cc2[nH]1)c1cn2nc(OCCN3CCCCC3)ccc2n1. The number of benzene rings is 2. The molecule has 1 fully saturated rings. The van der Waals surface area contributed by atoms with Crippen LogP contribution in [0.1, 0.15) is 35.3 Å². The van der Waals surface area contributed by atoms with Gasteiger partial charge in [-0.05, 0) is 67.4 Å². The van der Waals surface area contributed by atoms with Crippen molar-refractivity contribution in [1.82, 2.24) is 29.5 Å². The second-order valence-corrected chi connectivity index (χ2v) is 9.70. The summed E-state index contributed by atoms with van der Waals surface area (Å²) in [5, 5.41) is 7.09. The number of hydrogen-bond acceptors (Lipinski definition) is 6. The highest BCUT2D eigenvalue weighted by Gasteiger charge is 2.30. The van der Waals surface area contributed by atoms with Crippen molar-refractivity contribution >= 4 is 28.5 Å². The van der Waals surface area contributed by atoms with E-state index >= 15 is 0 Å². The molecule has 1 aliphatic rings. The summed E-state index contributed by atoms with van der Waals surface area (Å²) in [6.45, 7) is 3.56. The van der Waals surface area contributed by atoms with E-state index in [1.165, 1.54) is 36.0 Å². The second-order valence-electron chi connectivity index (χ2n) is 9.70. The molecule has 6 rings (SSSR count). The van der Waals surface area contributed by atoms with Crippen LogP contribution in [0.2, 0.25) is 0 Å². The van der Waals surface area contributed by atoms with Gasteiger partial charge in [0, 0.05) is 12.6 Å². The van der Waals surface area contributed by atoms with Crippen molar-refractivity contribution in [2.24, 2.45) is 0 Å². The molecule has 0 atom stereocenters. The molecule has 40 heavy (non-hydrogen) atoms. The Balaban J connectivity index is 1.13. The zero-order valence-electron chi connectivity index (χ0n) is 21.4. The monoisotopic (exact) mass is 549 g/mol. The molecule has 0 bridgehead atoms. The van der Waals surface area contributed by atoms with Gasteiger partial charge in [0.1, 0.15) is 12.3 Å².